The average Bonchev–Trinajstić information content (AvgIpc) is 3.19. The Morgan fingerprint density at radius 3 is 2.46 bits per heavy atom. The van der Waals surface area contributed by atoms with E-state index in [4.69, 9.17) is 4.74 Å². The molecule has 0 aliphatic rings. The van der Waals surface area contributed by atoms with E-state index >= 15 is 0 Å². The minimum Gasteiger partial charge on any atom is -0.452 e. The standard InChI is InChI=1S/C20H24N2O4S2/c1-13(2)21-19(24)12-28-17-8-5-4-7-15(17)20(25)26-11-18(23)22-14(3)16-9-6-10-27-16/h4-10,13-14H,11-12H2,1-3H3,(H,21,24)(H,22,23)/t14-/m0/s1. The Balaban J connectivity index is 1.88. The third-order valence-corrected chi connectivity index (χ3v) is 5.73. The highest BCUT2D eigenvalue weighted by Gasteiger charge is 2.17. The fourth-order valence-electron chi connectivity index (χ4n) is 2.37. The summed E-state index contributed by atoms with van der Waals surface area (Å²) in [5.74, 6) is -0.867. The largest absolute Gasteiger partial charge is 0.452 e. The topological polar surface area (TPSA) is 84.5 Å². The van der Waals surface area contributed by atoms with Gasteiger partial charge in [0.15, 0.2) is 6.61 Å². The van der Waals surface area contributed by atoms with Gasteiger partial charge in [0.1, 0.15) is 0 Å². The number of thiophene rings is 1. The van der Waals surface area contributed by atoms with Gasteiger partial charge >= 0.3 is 5.97 Å². The van der Waals surface area contributed by atoms with Crippen LogP contribution in [0, 0.1) is 0 Å². The number of hydrogen-bond acceptors (Lipinski definition) is 6. The molecule has 1 atom stereocenters. The molecule has 28 heavy (non-hydrogen) atoms. The van der Waals surface area contributed by atoms with E-state index in [1.807, 2.05) is 38.3 Å². The lowest BCUT2D eigenvalue weighted by Gasteiger charge is -2.13. The van der Waals surface area contributed by atoms with Crippen LogP contribution in [0.25, 0.3) is 0 Å². The molecular weight excluding hydrogens is 396 g/mol. The highest BCUT2D eigenvalue weighted by atomic mass is 32.2. The van der Waals surface area contributed by atoms with Crippen LogP contribution in [0.1, 0.15) is 42.0 Å². The van der Waals surface area contributed by atoms with E-state index in [1.54, 1.807) is 35.6 Å². The zero-order chi connectivity index (χ0) is 20.5. The molecule has 0 radical (unpaired) electrons. The number of rotatable bonds is 9. The second-order valence-corrected chi connectivity index (χ2v) is 8.38. The van der Waals surface area contributed by atoms with Gasteiger partial charge in [-0.2, -0.15) is 0 Å². The fourth-order valence-corrected chi connectivity index (χ4v) is 3.95. The van der Waals surface area contributed by atoms with Crippen LogP contribution in [-0.4, -0.2) is 36.2 Å². The van der Waals surface area contributed by atoms with Crippen LogP contribution >= 0.6 is 23.1 Å². The summed E-state index contributed by atoms with van der Waals surface area (Å²) in [4.78, 5) is 37.9. The summed E-state index contributed by atoms with van der Waals surface area (Å²) in [6.45, 7) is 5.29. The fraction of sp³-hybridized carbons (Fsp3) is 0.350. The number of esters is 1. The van der Waals surface area contributed by atoms with Gasteiger partial charge in [0.05, 0.1) is 17.4 Å². The first kappa shape index (κ1) is 22.0. The van der Waals surface area contributed by atoms with Gasteiger partial charge in [-0.15, -0.1) is 23.1 Å². The molecule has 0 aliphatic carbocycles. The maximum Gasteiger partial charge on any atom is 0.339 e. The highest BCUT2D eigenvalue weighted by molar-refractivity contribution is 8.00. The first-order chi connectivity index (χ1) is 13.4. The first-order valence-electron chi connectivity index (χ1n) is 8.88. The van der Waals surface area contributed by atoms with Gasteiger partial charge in [-0.3, -0.25) is 9.59 Å². The minimum atomic E-state index is -0.591. The molecule has 0 bridgehead atoms. The van der Waals surface area contributed by atoms with Crippen molar-refractivity contribution in [3.63, 3.8) is 0 Å². The molecule has 0 saturated heterocycles. The van der Waals surface area contributed by atoms with Crippen LogP contribution in [0.4, 0.5) is 0 Å². The van der Waals surface area contributed by atoms with Gasteiger partial charge in [-0.1, -0.05) is 18.2 Å². The quantitative estimate of drug-likeness (QED) is 0.480. The van der Waals surface area contributed by atoms with E-state index < -0.39 is 5.97 Å². The molecule has 8 heteroatoms. The molecule has 0 fully saturated rings. The van der Waals surface area contributed by atoms with Gasteiger partial charge < -0.3 is 15.4 Å². The van der Waals surface area contributed by atoms with Gasteiger partial charge in [0.2, 0.25) is 5.91 Å². The minimum absolute atomic E-state index is 0.0587. The molecule has 0 saturated carbocycles. The van der Waals surface area contributed by atoms with E-state index in [0.717, 1.165) is 4.88 Å². The Bertz CT molecular complexity index is 806. The molecule has 2 rings (SSSR count). The van der Waals surface area contributed by atoms with Crippen molar-refractivity contribution < 1.29 is 19.1 Å². The van der Waals surface area contributed by atoms with Crippen molar-refractivity contribution in [3.05, 3.63) is 52.2 Å². The van der Waals surface area contributed by atoms with Crippen molar-refractivity contribution in [2.75, 3.05) is 12.4 Å². The summed E-state index contributed by atoms with van der Waals surface area (Å²) in [6.07, 6.45) is 0. The third kappa shape index (κ3) is 7.01. The van der Waals surface area contributed by atoms with Crippen LogP contribution in [0.5, 0.6) is 0 Å². The van der Waals surface area contributed by atoms with Crippen LogP contribution in [0.15, 0.2) is 46.7 Å². The molecule has 0 aliphatic heterocycles. The van der Waals surface area contributed by atoms with Crippen molar-refractivity contribution >= 4 is 40.9 Å². The third-order valence-electron chi connectivity index (χ3n) is 3.60. The second-order valence-electron chi connectivity index (χ2n) is 6.39. The summed E-state index contributed by atoms with van der Waals surface area (Å²) in [7, 11) is 0. The van der Waals surface area contributed by atoms with Crippen molar-refractivity contribution in [1.29, 1.82) is 0 Å². The lowest BCUT2D eigenvalue weighted by molar-refractivity contribution is -0.124. The molecule has 1 aromatic heterocycles. The molecule has 2 aromatic rings. The average molecular weight is 421 g/mol. The summed E-state index contributed by atoms with van der Waals surface area (Å²) in [5, 5.41) is 7.54. The summed E-state index contributed by atoms with van der Waals surface area (Å²) < 4.78 is 5.16. The lowest BCUT2D eigenvalue weighted by atomic mass is 10.2. The summed E-state index contributed by atoms with van der Waals surface area (Å²) in [6, 6.07) is 10.6. The number of carbonyl (C=O) groups excluding carboxylic acids is 3. The van der Waals surface area contributed by atoms with Gasteiger partial charge in [-0.25, -0.2) is 4.79 Å². The molecule has 2 N–H and O–H groups in total. The Labute approximate surface area is 173 Å². The maximum absolute atomic E-state index is 12.4. The lowest BCUT2D eigenvalue weighted by Crippen LogP contribution is -2.31. The summed E-state index contributed by atoms with van der Waals surface area (Å²) >= 11 is 2.81. The van der Waals surface area contributed by atoms with Crippen molar-refractivity contribution in [2.24, 2.45) is 0 Å². The number of hydrogen-bond donors (Lipinski definition) is 2. The monoisotopic (exact) mass is 420 g/mol. The Morgan fingerprint density at radius 1 is 1.04 bits per heavy atom. The molecule has 6 nitrogen and oxygen atoms in total. The predicted molar refractivity (Wildman–Crippen MR) is 112 cm³/mol. The normalized spacial score (nSPS) is 11.7. The van der Waals surface area contributed by atoms with E-state index in [-0.39, 0.29) is 36.3 Å². The maximum atomic E-state index is 12.4. The Morgan fingerprint density at radius 2 is 1.79 bits per heavy atom. The highest BCUT2D eigenvalue weighted by Crippen LogP contribution is 2.23. The molecule has 1 aromatic carbocycles. The van der Waals surface area contributed by atoms with E-state index in [1.165, 1.54) is 11.8 Å². The van der Waals surface area contributed by atoms with Crippen molar-refractivity contribution in [2.45, 2.75) is 37.8 Å². The molecule has 0 spiro atoms. The molecular formula is C20H24N2O4S2. The number of ether oxygens (including phenoxy) is 1. The predicted octanol–water partition coefficient (Wildman–Crippen LogP) is 3.40. The number of carbonyl (C=O) groups is 3. The van der Waals surface area contributed by atoms with Gasteiger partial charge in [0, 0.05) is 15.8 Å². The van der Waals surface area contributed by atoms with E-state index in [2.05, 4.69) is 10.6 Å². The number of thioether (sulfide) groups is 1. The molecule has 1 heterocycles. The molecule has 150 valence electrons. The van der Waals surface area contributed by atoms with E-state index in [9.17, 15) is 14.4 Å². The summed E-state index contributed by atoms with van der Waals surface area (Å²) in [5.41, 5.74) is 0.337. The number of amides is 2. The molecule has 0 unspecified atom stereocenters. The second kappa shape index (κ2) is 10.9. The van der Waals surface area contributed by atoms with Gasteiger partial charge in [0.25, 0.3) is 5.91 Å². The number of nitrogens with one attached hydrogen (secondary N) is 2. The van der Waals surface area contributed by atoms with Crippen molar-refractivity contribution in [1.82, 2.24) is 10.6 Å². The van der Waals surface area contributed by atoms with Crippen LogP contribution in [0.2, 0.25) is 0 Å². The van der Waals surface area contributed by atoms with Crippen LogP contribution < -0.4 is 10.6 Å². The van der Waals surface area contributed by atoms with E-state index in [0.29, 0.717) is 10.5 Å². The SMILES string of the molecule is CC(C)NC(=O)CSc1ccccc1C(=O)OCC(=O)N[C@@H](C)c1cccs1. The van der Waals surface area contributed by atoms with Crippen LogP contribution in [0.3, 0.4) is 0 Å². The molecule has 2 amide bonds. The van der Waals surface area contributed by atoms with Gasteiger partial charge in [-0.05, 0) is 44.4 Å². The zero-order valence-electron chi connectivity index (χ0n) is 16.1. The first-order valence-corrected chi connectivity index (χ1v) is 10.7. The number of benzene rings is 1. The van der Waals surface area contributed by atoms with Crippen molar-refractivity contribution in [3.8, 4) is 0 Å². The Kier molecular flexibility index (Phi) is 8.53. The van der Waals surface area contributed by atoms with Crippen LogP contribution in [-0.2, 0) is 14.3 Å². The Hall–Kier alpha value is -2.32. The smallest absolute Gasteiger partial charge is 0.339 e. The zero-order valence-corrected chi connectivity index (χ0v) is 17.7.